The van der Waals surface area contributed by atoms with Crippen LogP contribution in [0.15, 0.2) is 36.5 Å². The van der Waals surface area contributed by atoms with Crippen LogP contribution in [0.3, 0.4) is 0 Å². The number of likely N-dealkylation sites (tertiary alicyclic amines) is 1. The van der Waals surface area contributed by atoms with Crippen LogP contribution < -0.4 is 0 Å². The van der Waals surface area contributed by atoms with Gasteiger partial charge in [-0.3, -0.25) is 14.7 Å². The van der Waals surface area contributed by atoms with Gasteiger partial charge in [-0.2, -0.15) is 0 Å². The average molecular weight is 308 g/mol. The molecule has 2 aromatic rings. The van der Waals surface area contributed by atoms with Crippen molar-refractivity contribution >= 4 is 24.7 Å². The zero-order valence-corrected chi connectivity index (χ0v) is 13.2. The van der Waals surface area contributed by atoms with Crippen LogP contribution in [0.25, 0.3) is 10.9 Å². The molecule has 1 fully saturated rings. The quantitative estimate of drug-likeness (QED) is 0.834. The van der Waals surface area contributed by atoms with Gasteiger partial charge < -0.3 is 5.11 Å². The molecule has 0 amide bonds. The van der Waals surface area contributed by atoms with E-state index in [1.54, 1.807) is 0 Å². The lowest BCUT2D eigenvalue weighted by atomic mass is 9.88. The molecule has 1 aliphatic rings. The van der Waals surface area contributed by atoms with Crippen molar-refractivity contribution in [3.05, 3.63) is 42.1 Å². The Morgan fingerprint density at radius 1 is 1.30 bits per heavy atom. The Morgan fingerprint density at radius 3 is 2.91 bits per heavy atom. The SMILES string of the molecule is [B]CCCC1CN(Cc2ccnc3ccccc23)C[C@H]1C(=O)O. The number of aliphatic carboxylic acids is 1. The van der Waals surface area contributed by atoms with Crippen LogP contribution in [0, 0.1) is 11.8 Å². The minimum absolute atomic E-state index is 0.198. The number of pyridine rings is 1. The van der Waals surface area contributed by atoms with Gasteiger partial charge in [0.2, 0.25) is 0 Å². The Morgan fingerprint density at radius 2 is 2.13 bits per heavy atom. The van der Waals surface area contributed by atoms with Crippen molar-refractivity contribution in [1.29, 1.82) is 0 Å². The first-order chi connectivity index (χ1) is 11.2. The van der Waals surface area contributed by atoms with Gasteiger partial charge in [-0.1, -0.05) is 30.9 Å². The molecule has 2 radical (unpaired) electrons. The van der Waals surface area contributed by atoms with E-state index in [4.69, 9.17) is 7.85 Å². The van der Waals surface area contributed by atoms with Gasteiger partial charge in [-0.05, 0) is 30.0 Å². The molecular formula is C18H21BN2O2. The fourth-order valence-corrected chi connectivity index (χ4v) is 3.58. The third kappa shape index (κ3) is 3.55. The Kier molecular flexibility index (Phi) is 4.96. The van der Waals surface area contributed by atoms with Crippen molar-refractivity contribution in [3.63, 3.8) is 0 Å². The number of carbonyl (C=O) groups is 1. The lowest BCUT2D eigenvalue weighted by Crippen LogP contribution is -2.23. The summed E-state index contributed by atoms with van der Waals surface area (Å²) in [6.45, 7) is 2.21. The van der Waals surface area contributed by atoms with Gasteiger partial charge in [0.25, 0.3) is 0 Å². The molecule has 1 saturated heterocycles. The van der Waals surface area contributed by atoms with E-state index in [0.717, 1.165) is 36.8 Å². The Hall–Kier alpha value is -1.88. The van der Waals surface area contributed by atoms with Gasteiger partial charge >= 0.3 is 5.97 Å². The van der Waals surface area contributed by atoms with Gasteiger partial charge in [0.15, 0.2) is 0 Å². The summed E-state index contributed by atoms with van der Waals surface area (Å²) in [5.41, 5.74) is 2.19. The van der Waals surface area contributed by atoms with E-state index in [2.05, 4.69) is 16.0 Å². The van der Waals surface area contributed by atoms with Crippen LogP contribution >= 0.6 is 0 Å². The van der Waals surface area contributed by atoms with Crippen LogP contribution in [0.1, 0.15) is 18.4 Å². The van der Waals surface area contributed by atoms with E-state index in [-0.39, 0.29) is 11.8 Å². The zero-order chi connectivity index (χ0) is 16.2. The molecule has 0 bridgehead atoms. The molecule has 0 saturated carbocycles. The summed E-state index contributed by atoms with van der Waals surface area (Å²) in [4.78, 5) is 18.2. The molecule has 2 heterocycles. The van der Waals surface area contributed by atoms with Crippen LogP contribution in [0.5, 0.6) is 0 Å². The number of fused-ring (bicyclic) bond motifs is 1. The minimum Gasteiger partial charge on any atom is -0.481 e. The van der Waals surface area contributed by atoms with Crippen molar-refractivity contribution in [2.75, 3.05) is 13.1 Å². The maximum Gasteiger partial charge on any atom is 0.308 e. The first-order valence-corrected chi connectivity index (χ1v) is 8.17. The van der Waals surface area contributed by atoms with Crippen molar-refractivity contribution in [3.8, 4) is 0 Å². The highest BCUT2D eigenvalue weighted by Gasteiger charge is 2.36. The normalized spacial score (nSPS) is 21.7. The second kappa shape index (κ2) is 7.13. The molecule has 118 valence electrons. The predicted molar refractivity (Wildman–Crippen MR) is 91.4 cm³/mol. The van der Waals surface area contributed by atoms with E-state index in [9.17, 15) is 9.90 Å². The maximum atomic E-state index is 11.5. The lowest BCUT2D eigenvalue weighted by molar-refractivity contribution is -0.142. The second-order valence-electron chi connectivity index (χ2n) is 6.32. The van der Waals surface area contributed by atoms with Crippen molar-refractivity contribution < 1.29 is 9.90 Å². The van der Waals surface area contributed by atoms with Gasteiger partial charge in [-0.25, -0.2) is 0 Å². The Balaban J connectivity index is 1.76. The molecule has 5 heteroatoms. The van der Waals surface area contributed by atoms with E-state index < -0.39 is 5.97 Å². The summed E-state index contributed by atoms with van der Waals surface area (Å²) >= 11 is 0. The summed E-state index contributed by atoms with van der Waals surface area (Å²) in [7, 11) is 5.58. The predicted octanol–water partition coefficient (Wildman–Crippen LogP) is 2.73. The fourth-order valence-electron chi connectivity index (χ4n) is 3.58. The molecule has 2 atom stereocenters. The third-order valence-corrected chi connectivity index (χ3v) is 4.75. The van der Waals surface area contributed by atoms with Gasteiger partial charge in [-0.15, -0.1) is 0 Å². The number of benzene rings is 1. The molecule has 0 spiro atoms. The maximum absolute atomic E-state index is 11.5. The number of carboxylic acid groups (broad SMARTS) is 1. The van der Waals surface area contributed by atoms with E-state index in [1.165, 1.54) is 5.56 Å². The molecule has 1 aliphatic heterocycles. The molecule has 0 aliphatic carbocycles. The van der Waals surface area contributed by atoms with Crippen LogP contribution in [0.4, 0.5) is 0 Å². The Bertz CT molecular complexity index is 686. The molecule has 4 nitrogen and oxygen atoms in total. The molecule has 1 aromatic heterocycles. The Labute approximate surface area is 137 Å². The zero-order valence-electron chi connectivity index (χ0n) is 13.2. The minimum atomic E-state index is -0.686. The molecule has 1 N–H and O–H groups in total. The number of nitrogens with zero attached hydrogens (tertiary/aromatic N) is 2. The molecule has 1 aromatic carbocycles. The highest BCUT2D eigenvalue weighted by Crippen LogP contribution is 2.30. The highest BCUT2D eigenvalue weighted by atomic mass is 16.4. The standard InChI is InChI=1S/C18H21BN2O2/c19-8-3-4-13-10-21(12-16(13)18(22)23)11-14-7-9-20-17-6-2-1-5-15(14)17/h1-2,5-7,9,13,16H,3-4,8,10-12H2,(H,22,23)/t13?,16-/m1/s1. The summed E-state index contributed by atoms with van der Waals surface area (Å²) in [5, 5.41) is 10.6. The van der Waals surface area contributed by atoms with Crippen LogP contribution in [-0.2, 0) is 11.3 Å². The number of rotatable bonds is 6. The number of carboxylic acids is 1. The summed E-state index contributed by atoms with van der Waals surface area (Å²) in [5.74, 6) is -0.770. The molecule has 3 rings (SSSR count). The lowest BCUT2D eigenvalue weighted by Gasteiger charge is -2.17. The number of para-hydroxylation sites is 1. The molecule has 1 unspecified atom stereocenters. The van der Waals surface area contributed by atoms with Gasteiger partial charge in [0.05, 0.1) is 19.3 Å². The van der Waals surface area contributed by atoms with Crippen molar-refractivity contribution in [1.82, 2.24) is 9.88 Å². The van der Waals surface area contributed by atoms with Crippen molar-refractivity contribution in [2.24, 2.45) is 11.8 Å². The number of hydrogen-bond acceptors (Lipinski definition) is 3. The van der Waals surface area contributed by atoms with Crippen LogP contribution in [0.2, 0.25) is 6.32 Å². The van der Waals surface area contributed by atoms with E-state index in [0.29, 0.717) is 12.9 Å². The topological polar surface area (TPSA) is 53.4 Å². The summed E-state index contributed by atoms with van der Waals surface area (Å²) in [6.07, 6.45) is 4.23. The average Bonchev–Trinajstić information content (AvgIpc) is 2.96. The van der Waals surface area contributed by atoms with Crippen LogP contribution in [-0.4, -0.2) is 41.9 Å². The number of aromatic nitrogens is 1. The highest BCUT2D eigenvalue weighted by molar-refractivity contribution is 6.08. The fraction of sp³-hybridized carbons (Fsp3) is 0.444. The molecule has 23 heavy (non-hydrogen) atoms. The smallest absolute Gasteiger partial charge is 0.308 e. The third-order valence-electron chi connectivity index (χ3n) is 4.75. The van der Waals surface area contributed by atoms with Gasteiger partial charge in [0.1, 0.15) is 0 Å². The largest absolute Gasteiger partial charge is 0.481 e. The second-order valence-corrected chi connectivity index (χ2v) is 6.32. The monoisotopic (exact) mass is 308 g/mol. The van der Waals surface area contributed by atoms with E-state index in [1.807, 2.05) is 30.5 Å². The molecular weight excluding hydrogens is 287 g/mol. The number of hydrogen-bond donors (Lipinski definition) is 1. The summed E-state index contributed by atoms with van der Waals surface area (Å²) in [6, 6.07) is 10.1. The first kappa shape index (κ1) is 16.0. The first-order valence-electron chi connectivity index (χ1n) is 8.17. The van der Waals surface area contributed by atoms with E-state index >= 15 is 0 Å². The van der Waals surface area contributed by atoms with Gasteiger partial charge in [0, 0.05) is 31.2 Å². The summed E-state index contributed by atoms with van der Waals surface area (Å²) < 4.78 is 0. The van der Waals surface area contributed by atoms with Crippen molar-refractivity contribution in [2.45, 2.75) is 25.7 Å².